The van der Waals surface area contributed by atoms with Gasteiger partial charge in [0, 0.05) is 48.3 Å². The summed E-state index contributed by atoms with van der Waals surface area (Å²) < 4.78 is 116. The first kappa shape index (κ1) is 43.8. The average molecular weight is 794 g/mol. The van der Waals surface area contributed by atoms with Crippen LogP contribution in [0.2, 0.25) is 0 Å². The Balaban J connectivity index is 0.000000188. The van der Waals surface area contributed by atoms with Crippen LogP contribution in [0.15, 0.2) is 54.6 Å². The Kier molecular flexibility index (Phi) is 14.4. The van der Waals surface area contributed by atoms with E-state index < -0.39 is 41.0 Å². The van der Waals surface area contributed by atoms with Crippen molar-refractivity contribution in [1.29, 1.82) is 10.5 Å². The maximum Gasteiger partial charge on any atom is 0.418 e. The number of carbonyl (C=O) groups is 1. The number of hydrogen-bond acceptors (Lipinski definition) is 6. The molecule has 3 fully saturated rings. The minimum absolute atomic E-state index is 0.0225. The molecule has 0 saturated heterocycles. The number of nitriles is 2. The zero-order valence-electron chi connectivity index (χ0n) is 31.2. The first-order valence-electron chi connectivity index (χ1n) is 18.4. The van der Waals surface area contributed by atoms with E-state index in [2.05, 4.69) is 10.6 Å². The molecule has 302 valence electrons. The molecule has 56 heavy (non-hydrogen) atoms. The average Bonchev–Trinajstić information content (AvgIpc) is 3.97. The maximum absolute atomic E-state index is 13.1. The molecule has 0 amide bonds. The fourth-order valence-corrected chi connectivity index (χ4v) is 6.00. The Labute approximate surface area is 320 Å². The molecule has 0 bridgehead atoms. The van der Waals surface area contributed by atoms with Gasteiger partial charge in [0.25, 0.3) is 0 Å². The van der Waals surface area contributed by atoms with Crippen molar-refractivity contribution in [3.05, 3.63) is 88.0 Å². The topological polar surface area (TPSA) is 92.0 Å². The third-order valence-corrected chi connectivity index (χ3v) is 9.62. The number of carbonyl (C=O) groups excluding carboxylic acids is 1. The molecule has 1 atom stereocenters. The lowest BCUT2D eigenvalue weighted by atomic mass is 10.0. The zero-order valence-corrected chi connectivity index (χ0v) is 31.2. The Morgan fingerprint density at radius 1 is 0.786 bits per heavy atom. The van der Waals surface area contributed by atoms with E-state index in [0.717, 1.165) is 83.2 Å². The van der Waals surface area contributed by atoms with Crippen LogP contribution in [0.25, 0.3) is 0 Å². The number of anilines is 3. The van der Waals surface area contributed by atoms with Crippen LogP contribution in [0, 0.1) is 40.4 Å². The molecule has 6 nitrogen and oxygen atoms in total. The van der Waals surface area contributed by atoms with E-state index >= 15 is 0 Å². The number of Topliss-reactive ketones (excluding diaryl/α,β-unsaturated/α-hetero) is 1. The Bertz CT molecular complexity index is 1900. The van der Waals surface area contributed by atoms with Crippen molar-refractivity contribution in [3.8, 4) is 12.1 Å². The summed E-state index contributed by atoms with van der Waals surface area (Å²) in [4.78, 5) is 13.4. The van der Waals surface area contributed by atoms with Crippen molar-refractivity contribution >= 4 is 22.8 Å². The van der Waals surface area contributed by atoms with E-state index in [9.17, 15) is 44.3 Å². The minimum Gasteiger partial charge on any atom is -0.384 e. The summed E-state index contributed by atoms with van der Waals surface area (Å²) in [6, 6.07) is 14.8. The van der Waals surface area contributed by atoms with Crippen LogP contribution < -0.4 is 15.5 Å². The van der Waals surface area contributed by atoms with Crippen molar-refractivity contribution in [2.45, 2.75) is 90.3 Å². The second-order valence-electron chi connectivity index (χ2n) is 14.5. The standard InChI is InChI=1S/C16H20F3NO.C13H13F3N2.C12H11F3N2/c1-3-8-20(10-12-4-5-12)13-6-7-14(11(2)21)15(9-13)16(17,18)19;1-8(9-2-3-9)18-11-5-4-10(7-17)12(6-11)13(14,15)16;13-12(14,15)10-5-9(6-16)3-4-11(10)17-7-8-1-2-8/h6-7,9,12H,3-5,8,10H2,1-2H3;4-6,8-9,18H,2-3H2,1H3;3-5,8,17H,1-2,7H2. The maximum atomic E-state index is 13.1. The normalized spacial score (nSPS) is 15.8. The van der Waals surface area contributed by atoms with E-state index in [0.29, 0.717) is 35.7 Å². The van der Waals surface area contributed by atoms with Crippen LogP contribution in [-0.4, -0.2) is 31.5 Å². The summed E-state index contributed by atoms with van der Waals surface area (Å²) in [5.41, 5.74) is -2.01. The van der Waals surface area contributed by atoms with E-state index in [1.807, 2.05) is 18.7 Å². The molecule has 0 aromatic heterocycles. The van der Waals surface area contributed by atoms with Gasteiger partial charge in [0.2, 0.25) is 0 Å². The predicted octanol–water partition coefficient (Wildman–Crippen LogP) is 11.7. The van der Waals surface area contributed by atoms with Crippen LogP contribution in [0.3, 0.4) is 0 Å². The molecule has 0 aliphatic heterocycles. The lowest BCUT2D eigenvalue weighted by Crippen LogP contribution is -2.27. The fraction of sp³-hybridized carbons (Fsp3) is 0.488. The van der Waals surface area contributed by atoms with Gasteiger partial charge in [0.15, 0.2) is 5.78 Å². The summed E-state index contributed by atoms with van der Waals surface area (Å²) in [6.45, 7) is 7.22. The fourth-order valence-electron chi connectivity index (χ4n) is 6.00. The van der Waals surface area contributed by atoms with Crippen molar-refractivity contribution < 1.29 is 44.3 Å². The quantitative estimate of drug-likeness (QED) is 0.140. The van der Waals surface area contributed by atoms with Gasteiger partial charge in [-0.1, -0.05) is 6.92 Å². The highest BCUT2D eigenvalue weighted by molar-refractivity contribution is 5.96. The molecule has 3 aromatic carbocycles. The number of hydrogen-bond donors (Lipinski definition) is 2. The molecular formula is C41H44F9N5O. The Morgan fingerprint density at radius 3 is 1.91 bits per heavy atom. The number of nitrogens with zero attached hydrogens (tertiary/aromatic N) is 3. The Morgan fingerprint density at radius 2 is 1.41 bits per heavy atom. The molecule has 1 unspecified atom stereocenters. The molecular weight excluding hydrogens is 749 g/mol. The van der Waals surface area contributed by atoms with Gasteiger partial charge in [-0.25, -0.2) is 0 Å². The van der Waals surface area contributed by atoms with Gasteiger partial charge in [-0.3, -0.25) is 4.79 Å². The van der Waals surface area contributed by atoms with Gasteiger partial charge >= 0.3 is 18.5 Å². The highest BCUT2D eigenvalue weighted by Crippen LogP contribution is 2.39. The zero-order chi connectivity index (χ0) is 41.4. The molecule has 2 N–H and O–H groups in total. The third-order valence-electron chi connectivity index (χ3n) is 9.62. The molecule has 0 radical (unpaired) electrons. The molecule has 3 saturated carbocycles. The number of benzene rings is 3. The first-order chi connectivity index (χ1) is 26.2. The lowest BCUT2D eigenvalue weighted by molar-refractivity contribution is -0.138. The molecule has 3 aliphatic carbocycles. The van der Waals surface area contributed by atoms with Gasteiger partial charge in [0.05, 0.1) is 40.0 Å². The van der Waals surface area contributed by atoms with Crippen LogP contribution in [0.5, 0.6) is 0 Å². The molecule has 15 heteroatoms. The molecule has 3 aromatic rings. The van der Waals surface area contributed by atoms with Crippen LogP contribution in [0.4, 0.5) is 56.6 Å². The lowest BCUT2D eigenvalue weighted by Gasteiger charge is -2.26. The van der Waals surface area contributed by atoms with Crippen molar-refractivity contribution in [2.75, 3.05) is 35.2 Å². The van der Waals surface area contributed by atoms with Crippen LogP contribution in [-0.2, 0) is 18.5 Å². The summed E-state index contributed by atoms with van der Waals surface area (Å²) >= 11 is 0. The second kappa shape index (κ2) is 18.4. The van der Waals surface area contributed by atoms with Gasteiger partial charge < -0.3 is 15.5 Å². The van der Waals surface area contributed by atoms with Gasteiger partial charge in [-0.2, -0.15) is 50.0 Å². The number of nitrogens with one attached hydrogen (secondary N) is 2. The minimum atomic E-state index is -4.51. The SMILES string of the molecule is CC(Nc1ccc(C#N)c(C(F)(F)F)c1)C1CC1.CCCN(CC1CC1)c1ccc(C(C)=O)c(C(F)(F)F)c1.N#Cc1ccc(NCC2CC2)c(C(F)(F)F)c1. The molecule has 0 spiro atoms. The van der Waals surface area contributed by atoms with Gasteiger partial charge in [0.1, 0.15) is 0 Å². The number of rotatable bonds is 12. The summed E-state index contributed by atoms with van der Waals surface area (Å²) in [5.74, 6) is 1.08. The van der Waals surface area contributed by atoms with Crippen molar-refractivity contribution in [3.63, 3.8) is 0 Å². The summed E-state index contributed by atoms with van der Waals surface area (Å²) in [6.07, 6.45) is -5.86. The molecule has 6 rings (SSSR count). The van der Waals surface area contributed by atoms with Gasteiger partial charge in [-0.05, 0) is 131 Å². The van der Waals surface area contributed by atoms with Crippen molar-refractivity contribution in [1.82, 2.24) is 0 Å². The highest BCUT2D eigenvalue weighted by atomic mass is 19.4. The number of ketones is 1. The van der Waals surface area contributed by atoms with Crippen LogP contribution in [0.1, 0.15) is 104 Å². The van der Waals surface area contributed by atoms with Gasteiger partial charge in [-0.15, -0.1) is 0 Å². The summed E-state index contributed by atoms with van der Waals surface area (Å²) in [7, 11) is 0. The monoisotopic (exact) mass is 793 g/mol. The summed E-state index contributed by atoms with van der Waals surface area (Å²) in [5, 5.41) is 23.2. The van der Waals surface area contributed by atoms with E-state index in [-0.39, 0.29) is 28.4 Å². The van der Waals surface area contributed by atoms with E-state index in [1.54, 1.807) is 18.2 Å². The molecule has 0 heterocycles. The largest absolute Gasteiger partial charge is 0.418 e. The predicted molar refractivity (Wildman–Crippen MR) is 196 cm³/mol. The molecule has 3 aliphatic rings. The number of halogens is 9. The Hall–Kier alpha value is -4.92. The van der Waals surface area contributed by atoms with Crippen LogP contribution >= 0.6 is 0 Å². The third kappa shape index (κ3) is 13.1. The van der Waals surface area contributed by atoms with E-state index in [4.69, 9.17) is 10.5 Å². The highest BCUT2D eigenvalue weighted by Gasteiger charge is 2.37. The smallest absolute Gasteiger partial charge is 0.384 e. The number of alkyl halides is 9. The second-order valence-corrected chi connectivity index (χ2v) is 14.5. The first-order valence-corrected chi connectivity index (χ1v) is 18.4. The van der Waals surface area contributed by atoms with E-state index in [1.165, 1.54) is 30.3 Å². The van der Waals surface area contributed by atoms with Crippen molar-refractivity contribution in [2.24, 2.45) is 17.8 Å².